The van der Waals surface area contributed by atoms with Crippen LogP contribution in [-0.4, -0.2) is 33.3 Å². The molecule has 23 heavy (non-hydrogen) atoms. The topological polar surface area (TPSA) is 95.9 Å². The highest BCUT2D eigenvalue weighted by atomic mass is 16.5. The van der Waals surface area contributed by atoms with Crippen molar-refractivity contribution in [1.82, 2.24) is 20.2 Å². The molecular formula is C16H15N5O2. The summed E-state index contributed by atoms with van der Waals surface area (Å²) in [5.74, 6) is 0.171. The van der Waals surface area contributed by atoms with E-state index < -0.39 is 5.97 Å². The molecule has 0 saturated carbocycles. The van der Waals surface area contributed by atoms with Gasteiger partial charge in [0.1, 0.15) is 0 Å². The van der Waals surface area contributed by atoms with E-state index in [4.69, 9.17) is 10.5 Å². The molecule has 0 unspecified atom stereocenters. The van der Waals surface area contributed by atoms with Gasteiger partial charge in [-0.25, -0.2) is 4.79 Å². The number of carbonyl (C=O) groups excluding carboxylic acids is 1. The van der Waals surface area contributed by atoms with Crippen LogP contribution in [0.4, 0.5) is 0 Å². The number of methoxy groups -OCH3 is 1. The number of hydrogen-bond acceptors (Lipinski definition) is 6. The molecule has 0 fully saturated rings. The van der Waals surface area contributed by atoms with Gasteiger partial charge in [0, 0.05) is 12.1 Å². The summed E-state index contributed by atoms with van der Waals surface area (Å²) >= 11 is 0. The van der Waals surface area contributed by atoms with Gasteiger partial charge in [0.25, 0.3) is 0 Å². The third-order valence-electron chi connectivity index (χ3n) is 3.43. The second-order valence-electron chi connectivity index (χ2n) is 4.86. The highest BCUT2D eigenvalue weighted by Crippen LogP contribution is 2.20. The third kappa shape index (κ3) is 2.95. The number of aromatic nitrogens is 4. The van der Waals surface area contributed by atoms with Crippen molar-refractivity contribution in [3.05, 3.63) is 59.7 Å². The van der Waals surface area contributed by atoms with Gasteiger partial charge < -0.3 is 10.5 Å². The van der Waals surface area contributed by atoms with Gasteiger partial charge >= 0.3 is 5.97 Å². The molecule has 3 rings (SSSR count). The lowest BCUT2D eigenvalue weighted by Crippen LogP contribution is -2.05. The minimum absolute atomic E-state index is 0.409. The van der Waals surface area contributed by atoms with Crippen molar-refractivity contribution in [2.24, 2.45) is 5.73 Å². The van der Waals surface area contributed by atoms with Gasteiger partial charge in [-0.2, -0.15) is 4.68 Å². The first-order valence-corrected chi connectivity index (χ1v) is 6.99. The van der Waals surface area contributed by atoms with Crippen LogP contribution in [0.25, 0.3) is 17.1 Å². The summed E-state index contributed by atoms with van der Waals surface area (Å²) in [4.78, 5) is 11.7. The zero-order chi connectivity index (χ0) is 16.2. The molecule has 0 amide bonds. The number of tetrazole rings is 1. The number of nitrogens with zero attached hydrogens (tertiary/aromatic N) is 4. The summed E-state index contributed by atoms with van der Waals surface area (Å²) < 4.78 is 6.31. The Morgan fingerprint density at radius 3 is 2.70 bits per heavy atom. The van der Waals surface area contributed by atoms with Crippen LogP contribution < -0.4 is 5.73 Å². The smallest absolute Gasteiger partial charge is 0.337 e. The molecule has 0 saturated heterocycles. The zero-order valence-electron chi connectivity index (χ0n) is 12.5. The Morgan fingerprint density at radius 2 is 2.00 bits per heavy atom. The predicted molar refractivity (Wildman–Crippen MR) is 83.8 cm³/mol. The first-order valence-electron chi connectivity index (χ1n) is 6.99. The summed E-state index contributed by atoms with van der Waals surface area (Å²) in [6.07, 6.45) is 0. The molecule has 0 aliphatic heterocycles. The molecule has 2 N–H and O–H groups in total. The summed E-state index contributed by atoms with van der Waals surface area (Å²) in [7, 11) is 1.34. The van der Waals surface area contributed by atoms with E-state index in [2.05, 4.69) is 15.5 Å². The van der Waals surface area contributed by atoms with E-state index >= 15 is 0 Å². The van der Waals surface area contributed by atoms with Gasteiger partial charge in [0.05, 0.1) is 18.4 Å². The van der Waals surface area contributed by atoms with Gasteiger partial charge in [0.15, 0.2) is 5.82 Å². The summed E-state index contributed by atoms with van der Waals surface area (Å²) in [5, 5.41) is 11.8. The van der Waals surface area contributed by atoms with E-state index in [1.165, 1.54) is 7.11 Å². The quantitative estimate of drug-likeness (QED) is 0.735. The maximum Gasteiger partial charge on any atom is 0.337 e. The van der Waals surface area contributed by atoms with E-state index in [0.717, 1.165) is 11.1 Å². The molecular weight excluding hydrogens is 294 g/mol. The Hall–Kier alpha value is -3.06. The molecule has 0 radical (unpaired) electrons. The largest absolute Gasteiger partial charge is 0.465 e. The van der Waals surface area contributed by atoms with Gasteiger partial charge in [-0.3, -0.25) is 0 Å². The van der Waals surface area contributed by atoms with Crippen LogP contribution in [0.5, 0.6) is 0 Å². The average Bonchev–Trinajstić information content (AvgIpc) is 3.11. The fraction of sp³-hybridized carbons (Fsp3) is 0.125. The number of ether oxygens (including phenoxy) is 1. The van der Waals surface area contributed by atoms with Crippen LogP contribution >= 0.6 is 0 Å². The van der Waals surface area contributed by atoms with Crippen molar-refractivity contribution >= 4 is 5.97 Å². The van der Waals surface area contributed by atoms with E-state index in [1.54, 1.807) is 22.9 Å². The standard InChI is InChI=1S/C16H15N5O2/c1-23-16(22)13-3-2-4-14(9-13)21-15(18-19-20-21)12-7-5-11(10-17)6-8-12/h2-9H,10,17H2,1H3. The number of carbonyl (C=O) groups is 1. The van der Waals surface area contributed by atoms with Crippen molar-refractivity contribution < 1.29 is 9.53 Å². The summed E-state index contributed by atoms with van der Waals surface area (Å²) in [6, 6.07) is 14.6. The number of esters is 1. The Labute approximate surface area is 132 Å². The second kappa shape index (κ2) is 6.37. The van der Waals surface area contributed by atoms with Crippen molar-refractivity contribution in [2.75, 3.05) is 7.11 Å². The van der Waals surface area contributed by atoms with Crippen LogP contribution in [0, 0.1) is 0 Å². The monoisotopic (exact) mass is 309 g/mol. The Morgan fingerprint density at radius 1 is 1.22 bits per heavy atom. The molecule has 2 aromatic carbocycles. The predicted octanol–water partition coefficient (Wildman–Crippen LogP) is 1.57. The summed E-state index contributed by atoms with van der Waals surface area (Å²) in [6.45, 7) is 0.479. The van der Waals surface area contributed by atoms with Crippen molar-refractivity contribution in [2.45, 2.75) is 6.54 Å². The maximum atomic E-state index is 11.7. The van der Waals surface area contributed by atoms with Gasteiger partial charge in [-0.05, 0) is 34.2 Å². The Bertz CT molecular complexity index is 826. The lowest BCUT2D eigenvalue weighted by atomic mass is 10.1. The number of nitrogens with two attached hydrogens (primary N) is 1. The van der Waals surface area contributed by atoms with Crippen molar-refractivity contribution in [3.8, 4) is 17.1 Å². The number of hydrogen-bond donors (Lipinski definition) is 1. The lowest BCUT2D eigenvalue weighted by molar-refractivity contribution is 0.0600. The Kier molecular flexibility index (Phi) is 4.11. The fourth-order valence-corrected chi connectivity index (χ4v) is 2.21. The van der Waals surface area contributed by atoms with E-state index in [-0.39, 0.29) is 0 Å². The highest BCUT2D eigenvalue weighted by molar-refractivity contribution is 5.89. The SMILES string of the molecule is COC(=O)c1cccc(-n2nnnc2-c2ccc(CN)cc2)c1. The molecule has 116 valence electrons. The lowest BCUT2D eigenvalue weighted by Gasteiger charge is -2.07. The Balaban J connectivity index is 2.02. The molecule has 1 heterocycles. The molecule has 0 bridgehead atoms. The number of benzene rings is 2. The van der Waals surface area contributed by atoms with Gasteiger partial charge in [-0.1, -0.05) is 30.3 Å². The van der Waals surface area contributed by atoms with Crippen LogP contribution in [0.2, 0.25) is 0 Å². The molecule has 7 nitrogen and oxygen atoms in total. The first kappa shape index (κ1) is 14.9. The molecule has 3 aromatic rings. The molecule has 1 aromatic heterocycles. The van der Waals surface area contributed by atoms with Crippen LogP contribution in [0.15, 0.2) is 48.5 Å². The average molecular weight is 309 g/mol. The van der Waals surface area contributed by atoms with Gasteiger partial charge in [-0.15, -0.1) is 5.10 Å². The van der Waals surface area contributed by atoms with E-state index in [9.17, 15) is 4.79 Å². The second-order valence-corrected chi connectivity index (χ2v) is 4.86. The van der Waals surface area contributed by atoms with Crippen LogP contribution in [0.3, 0.4) is 0 Å². The van der Waals surface area contributed by atoms with Crippen LogP contribution in [-0.2, 0) is 11.3 Å². The maximum absolute atomic E-state index is 11.7. The normalized spacial score (nSPS) is 10.5. The van der Waals surface area contributed by atoms with E-state index in [0.29, 0.717) is 23.6 Å². The molecule has 0 aliphatic rings. The fourth-order valence-electron chi connectivity index (χ4n) is 2.21. The minimum atomic E-state index is -0.409. The zero-order valence-corrected chi connectivity index (χ0v) is 12.5. The molecule has 0 atom stereocenters. The van der Waals surface area contributed by atoms with Gasteiger partial charge in [0.2, 0.25) is 0 Å². The molecule has 7 heteroatoms. The molecule has 0 aliphatic carbocycles. The van der Waals surface area contributed by atoms with Crippen molar-refractivity contribution in [3.63, 3.8) is 0 Å². The van der Waals surface area contributed by atoms with E-state index in [1.807, 2.05) is 30.3 Å². The highest BCUT2D eigenvalue weighted by Gasteiger charge is 2.13. The number of rotatable bonds is 4. The third-order valence-corrected chi connectivity index (χ3v) is 3.43. The van der Waals surface area contributed by atoms with Crippen LogP contribution in [0.1, 0.15) is 15.9 Å². The molecule has 0 spiro atoms. The minimum Gasteiger partial charge on any atom is -0.465 e. The first-order chi connectivity index (χ1) is 11.2. The van der Waals surface area contributed by atoms with Crippen molar-refractivity contribution in [1.29, 1.82) is 0 Å². The summed E-state index contributed by atoms with van der Waals surface area (Å²) in [5.41, 5.74) is 8.61.